The quantitative estimate of drug-likeness (QED) is 0.700. The Bertz CT molecular complexity index is 465. The van der Waals surface area contributed by atoms with Crippen molar-refractivity contribution in [1.29, 1.82) is 0 Å². The fourth-order valence-electron chi connectivity index (χ4n) is 1.26. The molecule has 0 bridgehead atoms. The summed E-state index contributed by atoms with van der Waals surface area (Å²) in [6.07, 6.45) is -10.7. The Labute approximate surface area is 105 Å². The van der Waals surface area contributed by atoms with Gasteiger partial charge in [0.05, 0.1) is 10.6 Å². The lowest BCUT2D eigenvalue weighted by molar-refractivity contribution is -0.150. The molecular weight excluding hydrogens is 312 g/mol. The van der Waals surface area contributed by atoms with E-state index in [0.717, 1.165) is 0 Å². The summed E-state index contributed by atoms with van der Waals surface area (Å²) in [6.45, 7) is -3.86. The van der Waals surface area contributed by atoms with E-state index in [1.807, 2.05) is 0 Å². The van der Waals surface area contributed by atoms with Crippen LogP contribution >= 0.6 is 11.6 Å². The van der Waals surface area contributed by atoms with Crippen LogP contribution in [0, 0.1) is 0 Å². The Morgan fingerprint density at radius 1 is 0.947 bits per heavy atom. The van der Waals surface area contributed by atoms with E-state index in [9.17, 15) is 35.1 Å². The van der Waals surface area contributed by atoms with Gasteiger partial charge in [0.1, 0.15) is 5.56 Å². The maximum Gasteiger partial charge on any atom is 0.421 e. The third kappa shape index (κ3) is 3.62. The summed E-state index contributed by atoms with van der Waals surface area (Å²) < 4.78 is 102. The number of rotatable bonds is 2. The molecule has 0 heterocycles. The van der Waals surface area contributed by atoms with Crippen LogP contribution in [-0.4, -0.2) is 6.61 Å². The summed E-state index contributed by atoms with van der Waals surface area (Å²) in [5.41, 5.74) is -4.08. The first-order valence-electron chi connectivity index (χ1n) is 4.36. The fourth-order valence-corrected chi connectivity index (χ4v) is 1.51. The smallest absolute Gasteiger partial charge is 0.421 e. The molecular formula is C9H3ClF8O. The molecule has 0 aliphatic heterocycles. The van der Waals surface area contributed by atoms with Gasteiger partial charge in [-0.3, -0.25) is 0 Å². The van der Waals surface area contributed by atoms with Crippen LogP contribution in [0.5, 0.6) is 5.75 Å². The number of ether oxygens (including phenoxy) is 1. The molecule has 19 heavy (non-hydrogen) atoms. The molecule has 0 unspecified atom stereocenters. The minimum atomic E-state index is -5.37. The zero-order valence-corrected chi connectivity index (χ0v) is 9.30. The van der Waals surface area contributed by atoms with Crippen molar-refractivity contribution in [1.82, 2.24) is 0 Å². The molecule has 0 atom stereocenters. The lowest BCUT2D eigenvalue weighted by Gasteiger charge is -2.19. The van der Waals surface area contributed by atoms with Crippen molar-refractivity contribution in [2.75, 3.05) is 0 Å². The van der Waals surface area contributed by atoms with Crippen molar-refractivity contribution < 1.29 is 39.9 Å². The molecule has 0 fully saturated rings. The summed E-state index contributed by atoms with van der Waals surface area (Å²) in [5, 5.41) is -1.17. The molecule has 1 rings (SSSR count). The topological polar surface area (TPSA) is 9.23 Å². The second kappa shape index (κ2) is 5.03. The number of hydrogen-bond acceptors (Lipinski definition) is 1. The van der Waals surface area contributed by atoms with E-state index in [2.05, 4.69) is 4.74 Å². The highest BCUT2D eigenvalue weighted by Gasteiger charge is 2.44. The van der Waals surface area contributed by atoms with E-state index in [1.165, 1.54) is 0 Å². The van der Waals surface area contributed by atoms with Crippen molar-refractivity contribution in [3.8, 4) is 5.75 Å². The van der Waals surface area contributed by atoms with Gasteiger partial charge in [-0.2, -0.15) is 35.1 Å². The van der Waals surface area contributed by atoms with Crippen LogP contribution in [0.3, 0.4) is 0 Å². The molecule has 0 N–H and O–H groups in total. The molecule has 0 aliphatic carbocycles. The highest BCUT2D eigenvalue weighted by atomic mass is 35.5. The van der Waals surface area contributed by atoms with Crippen molar-refractivity contribution in [3.63, 3.8) is 0 Å². The third-order valence-electron chi connectivity index (χ3n) is 1.90. The van der Waals surface area contributed by atoms with E-state index >= 15 is 0 Å². The Morgan fingerprint density at radius 2 is 1.47 bits per heavy atom. The third-order valence-corrected chi connectivity index (χ3v) is 2.22. The largest absolute Gasteiger partial charge is 0.433 e. The van der Waals surface area contributed by atoms with Gasteiger partial charge in [0, 0.05) is 0 Å². The SMILES string of the molecule is FC(F)Oc1c(C(F)(F)F)ccc(Cl)c1C(F)(F)F. The number of benzene rings is 1. The first-order chi connectivity index (χ1) is 8.44. The maximum atomic E-state index is 12.6. The molecule has 10 heteroatoms. The van der Waals surface area contributed by atoms with Crippen LogP contribution in [0.25, 0.3) is 0 Å². The zero-order chi connectivity index (χ0) is 15.0. The Kier molecular flexibility index (Phi) is 4.18. The molecule has 0 radical (unpaired) electrons. The first-order valence-corrected chi connectivity index (χ1v) is 4.74. The molecule has 108 valence electrons. The normalized spacial score (nSPS) is 12.9. The molecule has 1 nitrogen and oxygen atoms in total. The predicted molar refractivity (Wildman–Crippen MR) is 48.1 cm³/mol. The molecule has 0 saturated carbocycles. The van der Waals surface area contributed by atoms with Crippen LogP contribution in [0.2, 0.25) is 5.02 Å². The van der Waals surface area contributed by atoms with Gasteiger partial charge >= 0.3 is 19.0 Å². The lowest BCUT2D eigenvalue weighted by Crippen LogP contribution is -2.17. The second-order valence-electron chi connectivity index (χ2n) is 3.17. The van der Waals surface area contributed by atoms with Gasteiger partial charge < -0.3 is 4.74 Å². The van der Waals surface area contributed by atoms with E-state index in [-0.39, 0.29) is 6.07 Å². The number of hydrogen-bond donors (Lipinski definition) is 0. The average Bonchev–Trinajstić information content (AvgIpc) is 2.11. The molecule has 1 aromatic rings. The minimum absolute atomic E-state index is 0.134. The van der Waals surface area contributed by atoms with Crippen molar-refractivity contribution >= 4 is 11.6 Å². The van der Waals surface area contributed by atoms with E-state index in [0.29, 0.717) is 6.07 Å². The van der Waals surface area contributed by atoms with Crippen molar-refractivity contribution in [3.05, 3.63) is 28.3 Å². The Morgan fingerprint density at radius 3 is 1.84 bits per heavy atom. The maximum absolute atomic E-state index is 12.6. The van der Waals surface area contributed by atoms with E-state index < -0.39 is 40.9 Å². The van der Waals surface area contributed by atoms with Gasteiger partial charge in [-0.15, -0.1) is 0 Å². The van der Waals surface area contributed by atoms with Gasteiger partial charge in [-0.1, -0.05) is 11.6 Å². The predicted octanol–water partition coefficient (Wildman–Crippen LogP) is 4.98. The molecule has 0 saturated heterocycles. The van der Waals surface area contributed by atoms with Gasteiger partial charge in [0.25, 0.3) is 0 Å². The highest BCUT2D eigenvalue weighted by molar-refractivity contribution is 6.31. The Hall–Kier alpha value is -1.25. The van der Waals surface area contributed by atoms with E-state index in [1.54, 1.807) is 0 Å². The summed E-state index contributed by atoms with van der Waals surface area (Å²) in [6, 6.07) is 0.445. The summed E-state index contributed by atoms with van der Waals surface area (Å²) >= 11 is 5.11. The van der Waals surface area contributed by atoms with Crippen LogP contribution < -0.4 is 4.74 Å². The number of alkyl halides is 8. The first kappa shape index (κ1) is 15.8. The molecule has 0 aliphatic rings. The van der Waals surface area contributed by atoms with Gasteiger partial charge in [0.2, 0.25) is 0 Å². The standard InChI is InChI=1S/C9H3ClF8O/c10-4-2-1-3(8(13,14)15)6(19-7(11)12)5(4)9(16,17)18/h1-2,7H. The zero-order valence-electron chi connectivity index (χ0n) is 8.54. The molecule has 0 amide bonds. The molecule has 0 aromatic heterocycles. The fraction of sp³-hybridized carbons (Fsp3) is 0.333. The van der Waals surface area contributed by atoms with Crippen molar-refractivity contribution in [2.45, 2.75) is 19.0 Å². The minimum Gasteiger partial charge on any atom is -0.433 e. The Balaban J connectivity index is 3.60. The van der Waals surface area contributed by atoms with Gasteiger partial charge in [0.15, 0.2) is 5.75 Å². The average molecular weight is 315 g/mol. The monoisotopic (exact) mass is 314 g/mol. The van der Waals surface area contributed by atoms with Gasteiger partial charge in [-0.25, -0.2) is 0 Å². The van der Waals surface area contributed by atoms with E-state index in [4.69, 9.17) is 11.6 Å². The molecule has 0 spiro atoms. The van der Waals surface area contributed by atoms with Crippen LogP contribution in [0.1, 0.15) is 11.1 Å². The number of halogens is 9. The summed E-state index contributed by atoms with van der Waals surface area (Å²) in [7, 11) is 0. The highest BCUT2D eigenvalue weighted by Crippen LogP contribution is 2.47. The lowest BCUT2D eigenvalue weighted by atomic mass is 10.1. The van der Waals surface area contributed by atoms with Crippen LogP contribution in [0.4, 0.5) is 35.1 Å². The van der Waals surface area contributed by atoms with Crippen molar-refractivity contribution in [2.24, 2.45) is 0 Å². The second-order valence-corrected chi connectivity index (χ2v) is 3.58. The van der Waals surface area contributed by atoms with Crippen LogP contribution in [-0.2, 0) is 12.4 Å². The van der Waals surface area contributed by atoms with Crippen LogP contribution in [0.15, 0.2) is 12.1 Å². The molecule has 1 aromatic carbocycles. The van der Waals surface area contributed by atoms with Gasteiger partial charge in [-0.05, 0) is 12.1 Å². The summed E-state index contributed by atoms with van der Waals surface area (Å²) in [5.74, 6) is -2.04. The summed E-state index contributed by atoms with van der Waals surface area (Å²) in [4.78, 5) is 0.